The summed E-state index contributed by atoms with van der Waals surface area (Å²) in [5.74, 6) is -2.32. The number of ether oxygens (including phenoxy) is 1. The molecule has 0 fully saturated rings. The molecule has 7 nitrogen and oxygen atoms in total. The molecule has 29 heavy (non-hydrogen) atoms. The maximum atomic E-state index is 13.5. The van der Waals surface area contributed by atoms with E-state index in [2.05, 4.69) is 5.32 Å². The summed E-state index contributed by atoms with van der Waals surface area (Å²) in [7, 11) is -2.08. The Hall–Kier alpha value is -2.78. The zero-order valence-electron chi connectivity index (χ0n) is 16.2. The van der Waals surface area contributed by atoms with Crippen molar-refractivity contribution in [3.63, 3.8) is 0 Å². The molecule has 0 spiro atoms. The summed E-state index contributed by atoms with van der Waals surface area (Å²) in [5.41, 5.74) is 0.0779. The molecular weight excluding hydrogens is 399 g/mol. The van der Waals surface area contributed by atoms with Crippen LogP contribution in [-0.2, 0) is 19.6 Å². The molecule has 0 aliphatic carbocycles. The van der Waals surface area contributed by atoms with E-state index in [9.17, 15) is 22.4 Å². The first kappa shape index (κ1) is 22.5. The maximum Gasteiger partial charge on any atom is 0.341 e. The van der Waals surface area contributed by atoms with Crippen LogP contribution in [0.15, 0.2) is 53.4 Å². The summed E-state index contributed by atoms with van der Waals surface area (Å²) >= 11 is 0. The van der Waals surface area contributed by atoms with Gasteiger partial charge in [-0.1, -0.05) is 25.5 Å². The van der Waals surface area contributed by atoms with Crippen LogP contribution >= 0.6 is 0 Å². The van der Waals surface area contributed by atoms with Gasteiger partial charge in [0.05, 0.1) is 10.5 Å². The Morgan fingerprint density at radius 2 is 1.76 bits per heavy atom. The highest BCUT2D eigenvalue weighted by Crippen LogP contribution is 2.18. The Bertz CT molecular complexity index is 961. The Kier molecular flexibility index (Phi) is 7.86. The maximum absolute atomic E-state index is 13.5. The number of nitrogens with zero attached hydrogens (tertiary/aromatic N) is 1. The van der Waals surface area contributed by atoms with E-state index in [1.807, 2.05) is 6.92 Å². The SMILES string of the molecule is CCCCN(C)S(=O)(=O)c1ccc(NC(=O)COC(=O)c2ccccc2F)cc1. The lowest BCUT2D eigenvalue weighted by Gasteiger charge is -2.17. The molecule has 0 saturated carbocycles. The average Bonchev–Trinajstić information content (AvgIpc) is 2.71. The normalized spacial score (nSPS) is 11.3. The standard InChI is InChI=1S/C20H23FN2O5S/c1-3-4-13-23(2)29(26,27)16-11-9-15(10-12-16)22-19(24)14-28-20(25)17-7-5-6-8-18(17)21/h5-12H,3-4,13-14H2,1-2H3,(H,22,24). The van der Waals surface area contributed by atoms with Crippen molar-refractivity contribution in [2.45, 2.75) is 24.7 Å². The molecule has 0 radical (unpaired) electrons. The monoisotopic (exact) mass is 422 g/mol. The largest absolute Gasteiger partial charge is 0.452 e. The van der Waals surface area contributed by atoms with E-state index in [0.717, 1.165) is 18.9 Å². The van der Waals surface area contributed by atoms with E-state index in [0.29, 0.717) is 12.2 Å². The summed E-state index contributed by atoms with van der Waals surface area (Å²) in [6.07, 6.45) is 1.64. The van der Waals surface area contributed by atoms with Gasteiger partial charge in [-0.05, 0) is 42.8 Å². The topological polar surface area (TPSA) is 92.8 Å². The number of carbonyl (C=O) groups excluding carboxylic acids is 2. The summed E-state index contributed by atoms with van der Waals surface area (Å²) in [4.78, 5) is 23.8. The molecule has 0 atom stereocenters. The smallest absolute Gasteiger partial charge is 0.341 e. The number of amides is 1. The number of anilines is 1. The number of halogens is 1. The number of hydrogen-bond donors (Lipinski definition) is 1. The first-order valence-electron chi connectivity index (χ1n) is 9.03. The molecule has 1 N–H and O–H groups in total. The molecule has 0 bridgehead atoms. The van der Waals surface area contributed by atoms with Gasteiger partial charge in [-0.3, -0.25) is 4.79 Å². The summed E-state index contributed by atoms with van der Waals surface area (Å²) in [6, 6.07) is 10.9. The van der Waals surface area contributed by atoms with Gasteiger partial charge in [-0.15, -0.1) is 0 Å². The molecule has 0 aliphatic heterocycles. The number of unbranched alkanes of at least 4 members (excludes halogenated alkanes) is 1. The Labute approximate surface area is 169 Å². The molecule has 0 saturated heterocycles. The van der Waals surface area contributed by atoms with Gasteiger partial charge in [0, 0.05) is 19.3 Å². The number of hydrogen-bond acceptors (Lipinski definition) is 5. The zero-order chi connectivity index (χ0) is 21.4. The van der Waals surface area contributed by atoms with Crippen LogP contribution in [0, 0.1) is 5.82 Å². The zero-order valence-corrected chi connectivity index (χ0v) is 17.0. The highest BCUT2D eigenvalue weighted by atomic mass is 32.2. The summed E-state index contributed by atoms with van der Waals surface area (Å²) < 4.78 is 44.5. The Balaban J connectivity index is 1.93. The number of nitrogens with one attached hydrogen (secondary N) is 1. The molecular formula is C20H23FN2O5S. The van der Waals surface area contributed by atoms with Gasteiger partial charge in [-0.2, -0.15) is 0 Å². The number of sulfonamides is 1. The lowest BCUT2D eigenvalue weighted by Crippen LogP contribution is -2.28. The lowest BCUT2D eigenvalue weighted by atomic mass is 10.2. The predicted molar refractivity (Wildman–Crippen MR) is 106 cm³/mol. The van der Waals surface area contributed by atoms with Crippen molar-refractivity contribution >= 4 is 27.6 Å². The van der Waals surface area contributed by atoms with Crippen LogP contribution in [0.1, 0.15) is 30.1 Å². The van der Waals surface area contributed by atoms with Crippen molar-refractivity contribution < 1.29 is 27.1 Å². The van der Waals surface area contributed by atoms with E-state index < -0.39 is 34.3 Å². The van der Waals surface area contributed by atoms with Crippen molar-refractivity contribution in [2.24, 2.45) is 0 Å². The van der Waals surface area contributed by atoms with Gasteiger partial charge in [0.25, 0.3) is 5.91 Å². The molecule has 2 aromatic carbocycles. The minimum atomic E-state index is -3.60. The first-order chi connectivity index (χ1) is 13.8. The fourth-order valence-corrected chi connectivity index (χ4v) is 3.63. The average molecular weight is 422 g/mol. The second-order valence-corrected chi connectivity index (χ2v) is 8.35. The van der Waals surface area contributed by atoms with Crippen molar-refractivity contribution in [2.75, 3.05) is 25.5 Å². The van der Waals surface area contributed by atoms with Gasteiger partial charge >= 0.3 is 5.97 Å². The van der Waals surface area contributed by atoms with Crippen LogP contribution in [0.2, 0.25) is 0 Å². The number of benzene rings is 2. The molecule has 0 unspecified atom stereocenters. The third-order valence-electron chi connectivity index (χ3n) is 4.10. The molecule has 9 heteroatoms. The molecule has 2 aromatic rings. The molecule has 0 heterocycles. The van der Waals surface area contributed by atoms with Crippen LogP contribution in [0.5, 0.6) is 0 Å². The molecule has 0 aromatic heterocycles. The summed E-state index contributed by atoms with van der Waals surface area (Å²) in [5, 5.41) is 2.49. The van der Waals surface area contributed by atoms with Crippen molar-refractivity contribution in [3.05, 3.63) is 59.9 Å². The fourth-order valence-electron chi connectivity index (χ4n) is 2.42. The fraction of sp³-hybridized carbons (Fsp3) is 0.300. The van der Waals surface area contributed by atoms with Crippen molar-refractivity contribution in [1.82, 2.24) is 4.31 Å². The van der Waals surface area contributed by atoms with E-state index in [1.54, 1.807) is 0 Å². The lowest BCUT2D eigenvalue weighted by molar-refractivity contribution is -0.119. The Morgan fingerprint density at radius 1 is 1.10 bits per heavy atom. The molecule has 0 aliphatic rings. The third-order valence-corrected chi connectivity index (χ3v) is 5.97. The minimum Gasteiger partial charge on any atom is -0.452 e. The van der Waals surface area contributed by atoms with Crippen molar-refractivity contribution in [1.29, 1.82) is 0 Å². The van der Waals surface area contributed by atoms with E-state index >= 15 is 0 Å². The minimum absolute atomic E-state index is 0.111. The highest BCUT2D eigenvalue weighted by molar-refractivity contribution is 7.89. The molecule has 2 rings (SSSR count). The molecule has 156 valence electrons. The van der Waals surface area contributed by atoms with E-state index in [1.165, 1.54) is 53.8 Å². The van der Waals surface area contributed by atoms with Gasteiger partial charge in [0.15, 0.2) is 6.61 Å². The number of carbonyl (C=O) groups is 2. The van der Waals surface area contributed by atoms with Gasteiger partial charge in [-0.25, -0.2) is 21.9 Å². The van der Waals surface area contributed by atoms with Gasteiger partial charge in [0.2, 0.25) is 10.0 Å². The first-order valence-corrected chi connectivity index (χ1v) is 10.5. The quantitative estimate of drug-likeness (QED) is 0.627. The Morgan fingerprint density at radius 3 is 2.38 bits per heavy atom. The third kappa shape index (κ3) is 6.10. The van der Waals surface area contributed by atoms with E-state index in [4.69, 9.17) is 4.74 Å². The van der Waals surface area contributed by atoms with Crippen LogP contribution in [0.3, 0.4) is 0 Å². The molecule has 1 amide bonds. The van der Waals surface area contributed by atoms with E-state index in [-0.39, 0.29) is 10.5 Å². The summed E-state index contributed by atoms with van der Waals surface area (Å²) in [6.45, 7) is 1.79. The second-order valence-electron chi connectivity index (χ2n) is 6.31. The van der Waals surface area contributed by atoms with Crippen LogP contribution in [0.4, 0.5) is 10.1 Å². The highest BCUT2D eigenvalue weighted by Gasteiger charge is 2.20. The van der Waals surface area contributed by atoms with Crippen LogP contribution < -0.4 is 5.32 Å². The van der Waals surface area contributed by atoms with Crippen molar-refractivity contribution in [3.8, 4) is 0 Å². The van der Waals surface area contributed by atoms with Crippen LogP contribution in [0.25, 0.3) is 0 Å². The predicted octanol–water partition coefficient (Wildman–Crippen LogP) is 3.04. The van der Waals surface area contributed by atoms with Crippen LogP contribution in [-0.4, -0.2) is 44.8 Å². The number of esters is 1. The van der Waals surface area contributed by atoms with Gasteiger partial charge < -0.3 is 10.1 Å². The second kappa shape index (κ2) is 10.1. The van der Waals surface area contributed by atoms with Gasteiger partial charge in [0.1, 0.15) is 5.82 Å². The number of rotatable bonds is 9.